The van der Waals surface area contributed by atoms with Gasteiger partial charge in [0.25, 0.3) is 0 Å². The molecule has 3 aromatic carbocycles. The van der Waals surface area contributed by atoms with Crippen LogP contribution in [-0.2, 0) is 11.3 Å². The van der Waals surface area contributed by atoms with Gasteiger partial charge in [-0.15, -0.1) is 0 Å². The molecule has 0 radical (unpaired) electrons. The Morgan fingerprint density at radius 3 is 2.47 bits per heavy atom. The number of piperidine rings is 1. The predicted molar refractivity (Wildman–Crippen MR) is 138 cm³/mol. The number of likely N-dealkylation sites (tertiary alicyclic amines) is 1. The Morgan fingerprint density at radius 1 is 0.941 bits per heavy atom. The molecule has 1 aromatic heterocycles. The van der Waals surface area contributed by atoms with E-state index in [9.17, 15) is 9.90 Å². The molecule has 1 aliphatic rings. The minimum Gasteiger partial charge on any atom is -0.480 e. The van der Waals surface area contributed by atoms with Crippen molar-refractivity contribution < 1.29 is 9.90 Å². The zero-order valence-electron chi connectivity index (χ0n) is 19.8. The lowest BCUT2D eigenvalue weighted by atomic mass is 9.92. The molecule has 5 rings (SSSR count). The van der Waals surface area contributed by atoms with Gasteiger partial charge in [0.05, 0.1) is 11.2 Å². The van der Waals surface area contributed by atoms with Gasteiger partial charge in [0, 0.05) is 11.9 Å². The van der Waals surface area contributed by atoms with Crippen LogP contribution in [-0.4, -0.2) is 33.5 Å². The molecular weight excluding hydrogens is 420 g/mol. The van der Waals surface area contributed by atoms with Gasteiger partial charge in [0.2, 0.25) is 0 Å². The van der Waals surface area contributed by atoms with Crippen LogP contribution in [0.25, 0.3) is 33.2 Å². The summed E-state index contributed by atoms with van der Waals surface area (Å²) in [5.74, 6) is -0.727. The zero-order valence-corrected chi connectivity index (χ0v) is 19.8. The summed E-state index contributed by atoms with van der Waals surface area (Å²) in [6.07, 6.45) is 2.74. The molecule has 0 spiro atoms. The average Bonchev–Trinajstić information content (AvgIpc) is 2.85. The summed E-state index contributed by atoms with van der Waals surface area (Å²) in [5.41, 5.74) is 9.21. The monoisotopic (exact) mass is 450 g/mol. The van der Waals surface area contributed by atoms with Crippen LogP contribution in [0.2, 0.25) is 0 Å². The number of aliphatic carboxylic acids is 1. The van der Waals surface area contributed by atoms with Gasteiger partial charge in [-0.05, 0) is 84.8 Å². The Labute approximate surface area is 200 Å². The molecule has 2 heterocycles. The molecule has 4 aromatic rings. The normalized spacial score (nSPS) is 16.6. The molecule has 1 unspecified atom stereocenters. The van der Waals surface area contributed by atoms with E-state index >= 15 is 0 Å². The number of hydrogen-bond donors (Lipinski definition) is 1. The van der Waals surface area contributed by atoms with Crippen LogP contribution in [0.4, 0.5) is 0 Å². The molecule has 0 bridgehead atoms. The smallest absolute Gasteiger partial charge is 0.320 e. The molecular formula is C30H30N2O2. The molecule has 4 heteroatoms. The molecule has 1 saturated heterocycles. The number of carbonyl (C=O) groups is 1. The van der Waals surface area contributed by atoms with E-state index in [0.717, 1.165) is 36.0 Å². The molecule has 1 aliphatic heterocycles. The lowest BCUT2D eigenvalue weighted by molar-refractivity contribution is -0.144. The average molecular weight is 451 g/mol. The number of aromatic nitrogens is 1. The number of carboxylic acid groups (broad SMARTS) is 1. The van der Waals surface area contributed by atoms with Gasteiger partial charge in [0.15, 0.2) is 0 Å². The van der Waals surface area contributed by atoms with E-state index in [4.69, 9.17) is 4.98 Å². The number of carboxylic acids is 1. The topological polar surface area (TPSA) is 53.4 Å². The molecule has 0 amide bonds. The van der Waals surface area contributed by atoms with Crippen molar-refractivity contribution in [3.05, 3.63) is 89.6 Å². The van der Waals surface area contributed by atoms with Gasteiger partial charge in [-0.2, -0.15) is 0 Å². The maximum absolute atomic E-state index is 11.7. The first-order chi connectivity index (χ1) is 16.5. The van der Waals surface area contributed by atoms with Gasteiger partial charge in [0.1, 0.15) is 6.04 Å². The van der Waals surface area contributed by atoms with Crippen molar-refractivity contribution >= 4 is 16.9 Å². The zero-order chi connectivity index (χ0) is 23.7. The summed E-state index contributed by atoms with van der Waals surface area (Å²) in [7, 11) is 0. The second kappa shape index (κ2) is 9.40. The molecule has 1 atom stereocenters. The van der Waals surface area contributed by atoms with Crippen LogP contribution in [0.3, 0.4) is 0 Å². The van der Waals surface area contributed by atoms with Crippen molar-refractivity contribution in [2.75, 3.05) is 6.54 Å². The van der Waals surface area contributed by atoms with Gasteiger partial charge in [-0.3, -0.25) is 14.7 Å². The highest BCUT2D eigenvalue weighted by atomic mass is 16.4. The summed E-state index contributed by atoms with van der Waals surface area (Å²) in [6.45, 7) is 5.70. The Balaban J connectivity index is 1.48. The fourth-order valence-corrected chi connectivity index (χ4v) is 5.26. The first-order valence-corrected chi connectivity index (χ1v) is 12.0. The molecule has 0 saturated carbocycles. The number of fused-ring (bicyclic) bond motifs is 1. The molecule has 172 valence electrons. The number of aryl methyl sites for hydroxylation is 1. The predicted octanol–water partition coefficient (Wildman–Crippen LogP) is 6.62. The standard InChI is InChI=1S/C30H30N2O2/c1-20-17-24(19-32-16-7-6-13-29(32)30(33)34)31-28-15-14-23(18-27(20)28)26-12-8-11-25(21(26)2)22-9-4-3-5-10-22/h3-5,8-12,14-15,17-18,29H,6-7,13,16,19H2,1-2H3,(H,33,34). The van der Waals surface area contributed by atoms with Crippen molar-refractivity contribution in [3.63, 3.8) is 0 Å². The summed E-state index contributed by atoms with van der Waals surface area (Å²) < 4.78 is 0. The maximum atomic E-state index is 11.7. The van der Waals surface area contributed by atoms with Gasteiger partial charge < -0.3 is 5.11 Å². The first kappa shape index (κ1) is 22.3. The lowest BCUT2D eigenvalue weighted by Crippen LogP contribution is -2.44. The number of pyridine rings is 1. The van der Waals surface area contributed by atoms with Crippen LogP contribution in [0.5, 0.6) is 0 Å². The van der Waals surface area contributed by atoms with Crippen molar-refractivity contribution in [3.8, 4) is 22.3 Å². The first-order valence-electron chi connectivity index (χ1n) is 12.0. The second-order valence-corrected chi connectivity index (χ2v) is 9.33. The highest BCUT2D eigenvalue weighted by Gasteiger charge is 2.28. The SMILES string of the molecule is Cc1c(-c2ccccc2)cccc1-c1ccc2nc(CN3CCCCC3C(=O)O)cc(C)c2c1. The Hall–Kier alpha value is -3.50. The van der Waals surface area contributed by atoms with E-state index in [1.807, 2.05) is 6.07 Å². The second-order valence-electron chi connectivity index (χ2n) is 9.33. The Morgan fingerprint density at radius 2 is 1.71 bits per heavy atom. The van der Waals surface area contributed by atoms with Crippen LogP contribution < -0.4 is 0 Å². The van der Waals surface area contributed by atoms with Crippen molar-refractivity contribution in [2.24, 2.45) is 0 Å². The fourth-order valence-electron chi connectivity index (χ4n) is 5.26. The van der Waals surface area contributed by atoms with E-state index in [1.165, 1.54) is 33.4 Å². The highest BCUT2D eigenvalue weighted by Crippen LogP contribution is 2.33. The third-order valence-electron chi connectivity index (χ3n) is 7.06. The van der Waals surface area contributed by atoms with Crippen LogP contribution in [0.15, 0.2) is 72.8 Å². The molecule has 1 fully saturated rings. The fraction of sp³-hybridized carbons (Fsp3) is 0.267. The highest BCUT2D eigenvalue weighted by molar-refractivity contribution is 5.89. The minimum atomic E-state index is -0.727. The molecule has 1 N–H and O–H groups in total. The quantitative estimate of drug-likeness (QED) is 0.371. The van der Waals surface area contributed by atoms with E-state index in [1.54, 1.807) is 0 Å². The summed E-state index contributed by atoms with van der Waals surface area (Å²) in [4.78, 5) is 18.7. The molecule has 34 heavy (non-hydrogen) atoms. The van der Waals surface area contributed by atoms with Crippen molar-refractivity contribution in [2.45, 2.75) is 45.7 Å². The summed E-state index contributed by atoms with van der Waals surface area (Å²) >= 11 is 0. The van der Waals surface area contributed by atoms with E-state index < -0.39 is 12.0 Å². The van der Waals surface area contributed by atoms with Crippen LogP contribution in [0, 0.1) is 13.8 Å². The Kier molecular flexibility index (Phi) is 6.16. The number of hydrogen-bond acceptors (Lipinski definition) is 3. The van der Waals surface area contributed by atoms with Crippen molar-refractivity contribution in [1.82, 2.24) is 9.88 Å². The third-order valence-corrected chi connectivity index (χ3v) is 7.06. The van der Waals surface area contributed by atoms with E-state index in [2.05, 4.69) is 85.5 Å². The number of rotatable bonds is 5. The van der Waals surface area contributed by atoms with E-state index in [0.29, 0.717) is 13.0 Å². The number of nitrogens with zero attached hydrogens (tertiary/aromatic N) is 2. The van der Waals surface area contributed by atoms with Gasteiger partial charge in [-0.25, -0.2) is 0 Å². The summed E-state index contributed by atoms with van der Waals surface area (Å²) in [5, 5.41) is 10.7. The van der Waals surface area contributed by atoms with Gasteiger partial charge >= 0.3 is 5.97 Å². The maximum Gasteiger partial charge on any atom is 0.320 e. The third kappa shape index (κ3) is 4.34. The molecule has 0 aliphatic carbocycles. The van der Waals surface area contributed by atoms with E-state index in [-0.39, 0.29) is 0 Å². The Bertz CT molecular complexity index is 1350. The lowest BCUT2D eigenvalue weighted by Gasteiger charge is -2.32. The van der Waals surface area contributed by atoms with Crippen LogP contribution >= 0.6 is 0 Å². The largest absolute Gasteiger partial charge is 0.480 e. The number of benzene rings is 3. The molecule has 4 nitrogen and oxygen atoms in total. The van der Waals surface area contributed by atoms with Gasteiger partial charge in [-0.1, -0.05) is 61.0 Å². The van der Waals surface area contributed by atoms with Crippen molar-refractivity contribution in [1.29, 1.82) is 0 Å². The minimum absolute atomic E-state index is 0.409. The summed E-state index contributed by atoms with van der Waals surface area (Å²) in [6, 6.07) is 25.2. The van der Waals surface area contributed by atoms with Crippen LogP contribution in [0.1, 0.15) is 36.1 Å².